The second kappa shape index (κ2) is 15.6. The van der Waals surface area contributed by atoms with Gasteiger partial charge in [-0.25, -0.2) is 18.2 Å². The number of carbonyl (C=O) groups is 2. The number of phenols is 1. The number of phenolic OH excluding ortho intramolecular Hbond substituents is 1. The quantitative estimate of drug-likeness (QED) is 0.170. The fourth-order valence-corrected chi connectivity index (χ4v) is 8.14. The third-order valence-electron chi connectivity index (χ3n) is 9.10. The van der Waals surface area contributed by atoms with Crippen molar-refractivity contribution >= 4 is 33.0 Å². The summed E-state index contributed by atoms with van der Waals surface area (Å²) in [4.78, 5) is 35.9. The van der Waals surface area contributed by atoms with Gasteiger partial charge >= 0.3 is 6.03 Å². The molecular formula is C37H48N6O6S. The number of amides is 3. The van der Waals surface area contributed by atoms with Gasteiger partial charge in [0.2, 0.25) is 15.9 Å². The minimum absolute atomic E-state index is 0.0117. The molecule has 50 heavy (non-hydrogen) atoms. The van der Waals surface area contributed by atoms with Crippen LogP contribution in [0.25, 0.3) is 11.0 Å². The van der Waals surface area contributed by atoms with Gasteiger partial charge in [0, 0.05) is 33.2 Å². The number of fused-ring (bicyclic) bond motifs is 1. The molecule has 0 bridgehead atoms. The van der Waals surface area contributed by atoms with Gasteiger partial charge in [0.25, 0.3) is 0 Å². The third kappa shape index (κ3) is 8.28. The van der Waals surface area contributed by atoms with Gasteiger partial charge in [0.15, 0.2) is 0 Å². The predicted octanol–water partition coefficient (Wildman–Crippen LogP) is 3.98. The first-order valence-electron chi connectivity index (χ1n) is 17.0. The first kappa shape index (κ1) is 36.8. The number of urea groups is 1. The number of aromatic nitrogens is 2. The molecule has 3 atom stereocenters. The lowest BCUT2D eigenvalue weighted by Gasteiger charge is -2.34. The Balaban J connectivity index is 1.36. The van der Waals surface area contributed by atoms with Gasteiger partial charge in [-0.05, 0) is 60.2 Å². The Morgan fingerprint density at radius 1 is 0.940 bits per heavy atom. The van der Waals surface area contributed by atoms with Gasteiger partial charge in [0.05, 0.1) is 34.6 Å². The number of nitrogens with zero attached hydrogens (tertiary/aromatic N) is 5. The summed E-state index contributed by atoms with van der Waals surface area (Å²) in [5.74, 6) is -0.0539. The number of aliphatic hydroxyl groups is 1. The van der Waals surface area contributed by atoms with E-state index in [0.717, 1.165) is 22.4 Å². The third-order valence-corrected chi connectivity index (χ3v) is 10.9. The summed E-state index contributed by atoms with van der Waals surface area (Å²) in [5.41, 5.74) is 2.66. The number of para-hydroxylation sites is 2. The molecule has 1 saturated heterocycles. The summed E-state index contributed by atoms with van der Waals surface area (Å²) < 4.78 is 30.7. The molecule has 0 aliphatic carbocycles. The predicted molar refractivity (Wildman–Crippen MR) is 192 cm³/mol. The number of sulfonamides is 1. The van der Waals surface area contributed by atoms with E-state index in [1.807, 2.05) is 93.9 Å². The van der Waals surface area contributed by atoms with Crippen molar-refractivity contribution in [1.29, 1.82) is 0 Å². The molecule has 13 heteroatoms. The molecule has 0 unspecified atom stereocenters. The van der Waals surface area contributed by atoms with E-state index in [-0.39, 0.29) is 48.0 Å². The molecule has 4 aromatic rings. The van der Waals surface area contributed by atoms with Crippen LogP contribution in [-0.2, 0) is 34.8 Å². The molecule has 1 aliphatic heterocycles. The summed E-state index contributed by atoms with van der Waals surface area (Å²) >= 11 is 0. The van der Waals surface area contributed by atoms with Crippen LogP contribution in [0, 0.1) is 11.8 Å². The smallest absolute Gasteiger partial charge is 0.321 e. The second-order valence-corrected chi connectivity index (χ2v) is 15.7. The number of benzene rings is 3. The molecule has 1 aliphatic rings. The highest BCUT2D eigenvalue weighted by molar-refractivity contribution is 7.89. The molecule has 268 valence electrons. The van der Waals surface area contributed by atoms with Crippen molar-refractivity contribution in [2.24, 2.45) is 18.9 Å². The van der Waals surface area contributed by atoms with Crippen molar-refractivity contribution in [3.05, 3.63) is 90.3 Å². The molecule has 2 heterocycles. The fraction of sp³-hybridized carbons (Fsp3) is 0.432. The molecule has 0 spiro atoms. The lowest BCUT2D eigenvalue weighted by Crippen LogP contribution is -2.57. The van der Waals surface area contributed by atoms with Crippen LogP contribution in [-0.4, -0.2) is 98.6 Å². The molecule has 0 radical (unpaired) electrons. The second-order valence-electron chi connectivity index (χ2n) is 13.7. The summed E-state index contributed by atoms with van der Waals surface area (Å²) in [5, 5.41) is 24.5. The van der Waals surface area contributed by atoms with Crippen molar-refractivity contribution in [2.45, 2.75) is 63.7 Å². The number of rotatable bonds is 15. The van der Waals surface area contributed by atoms with Crippen LogP contribution >= 0.6 is 0 Å². The molecule has 1 aromatic heterocycles. The molecular weight excluding hydrogens is 657 g/mol. The van der Waals surface area contributed by atoms with Crippen molar-refractivity contribution in [3.8, 4) is 5.75 Å². The van der Waals surface area contributed by atoms with E-state index >= 15 is 0 Å². The van der Waals surface area contributed by atoms with Gasteiger partial charge in [-0.2, -0.15) is 4.31 Å². The molecule has 5 rings (SSSR count). The van der Waals surface area contributed by atoms with Crippen molar-refractivity contribution in [1.82, 2.24) is 29.0 Å². The number of aromatic hydroxyl groups is 1. The Hall–Kier alpha value is -4.46. The average Bonchev–Trinajstić information content (AvgIpc) is 3.59. The van der Waals surface area contributed by atoms with E-state index in [9.17, 15) is 28.2 Å². The summed E-state index contributed by atoms with van der Waals surface area (Å²) in [7, 11) is -2.13. The van der Waals surface area contributed by atoms with Crippen LogP contribution in [0.2, 0.25) is 0 Å². The first-order valence-corrected chi connectivity index (χ1v) is 18.5. The van der Waals surface area contributed by atoms with Gasteiger partial charge in [-0.3, -0.25) is 4.79 Å². The molecule has 3 amide bonds. The maximum absolute atomic E-state index is 14.2. The summed E-state index contributed by atoms with van der Waals surface area (Å²) in [6.45, 7) is 8.44. The van der Waals surface area contributed by atoms with E-state index in [0.29, 0.717) is 19.6 Å². The zero-order chi connectivity index (χ0) is 36.2. The molecule has 3 N–H and O–H groups in total. The molecule has 12 nitrogen and oxygen atoms in total. The van der Waals surface area contributed by atoms with Crippen LogP contribution in [0.5, 0.6) is 5.75 Å². The average molecular weight is 705 g/mol. The Morgan fingerprint density at radius 2 is 1.60 bits per heavy atom. The monoisotopic (exact) mass is 704 g/mol. The number of hydrogen-bond acceptors (Lipinski definition) is 7. The zero-order valence-corrected chi connectivity index (χ0v) is 30.1. The number of nitrogens with one attached hydrogen (secondary N) is 1. The summed E-state index contributed by atoms with van der Waals surface area (Å²) in [6.07, 6.45) is -1.05. The normalized spacial score (nSPS) is 15.7. The Morgan fingerprint density at radius 3 is 2.24 bits per heavy atom. The minimum Gasteiger partial charge on any atom is -0.508 e. The standard InChI is InChI=1S/C37H48N6O6S/c1-25(2)22-42(50(48,49)29-17-15-28(44)16-18-29)23-33(45)31(21-27-11-7-6-8-12-27)39-36(46)35(26(3)4)43-20-19-41(37(43)47)24-34-38-30-13-9-10-14-32(30)40(34)5/h6-18,25-26,31,33,35,44-45H,19-24H2,1-5H3,(H,39,46)/t31-,33-,35-/m0/s1. The van der Waals surface area contributed by atoms with E-state index in [4.69, 9.17) is 4.98 Å². The SMILES string of the molecule is CC(C)CN(C[C@H](O)[C@H](Cc1ccccc1)NC(=O)[C@H](C(C)C)N1CCN(Cc2nc3ccccc3n2C)C1=O)S(=O)(=O)c1ccc(O)cc1. The van der Waals surface area contributed by atoms with Crippen molar-refractivity contribution < 1.29 is 28.2 Å². The largest absolute Gasteiger partial charge is 0.508 e. The lowest BCUT2D eigenvalue weighted by molar-refractivity contribution is -0.128. The van der Waals surface area contributed by atoms with Crippen LogP contribution < -0.4 is 5.32 Å². The highest BCUT2D eigenvalue weighted by atomic mass is 32.2. The maximum Gasteiger partial charge on any atom is 0.321 e. The highest BCUT2D eigenvalue weighted by Crippen LogP contribution is 2.24. The summed E-state index contributed by atoms with van der Waals surface area (Å²) in [6, 6.07) is 20.4. The highest BCUT2D eigenvalue weighted by Gasteiger charge is 2.41. The van der Waals surface area contributed by atoms with E-state index in [1.165, 1.54) is 28.6 Å². The number of imidazole rings is 1. The van der Waals surface area contributed by atoms with Gasteiger partial charge in [0.1, 0.15) is 17.6 Å². The Kier molecular flexibility index (Phi) is 11.5. The van der Waals surface area contributed by atoms with Crippen LogP contribution in [0.3, 0.4) is 0 Å². The van der Waals surface area contributed by atoms with Gasteiger partial charge < -0.3 is 29.9 Å². The number of aryl methyl sites for hydroxylation is 1. The molecule has 1 fully saturated rings. The Bertz CT molecular complexity index is 1880. The van der Waals surface area contributed by atoms with E-state index < -0.39 is 34.1 Å². The fourth-order valence-electron chi connectivity index (χ4n) is 6.52. The van der Waals surface area contributed by atoms with Crippen molar-refractivity contribution in [2.75, 3.05) is 26.2 Å². The molecule has 0 saturated carbocycles. The number of hydrogen-bond donors (Lipinski definition) is 3. The molecule has 3 aromatic carbocycles. The number of aliphatic hydroxyl groups excluding tert-OH is 1. The van der Waals surface area contributed by atoms with Crippen LogP contribution in [0.15, 0.2) is 83.8 Å². The van der Waals surface area contributed by atoms with E-state index in [1.54, 1.807) is 9.80 Å². The van der Waals surface area contributed by atoms with E-state index in [2.05, 4.69) is 5.32 Å². The maximum atomic E-state index is 14.2. The number of carbonyl (C=O) groups excluding carboxylic acids is 2. The first-order chi connectivity index (χ1) is 23.8. The minimum atomic E-state index is -4.05. The Labute approximate surface area is 294 Å². The lowest BCUT2D eigenvalue weighted by atomic mass is 9.97. The van der Waals surface area contributed by atoms with Crippen LogP contribution in [0.4, 0.5) is 4.79 Å². The van der Waals surface area contributed by atoms with Gasteiger partial charge in [-0.15, -0.1) is 0 Å². The topological polar surface area (TPSA) is 148 Å². The van der Waals surface area contributed by atoms with Gasteiger partial charge in [-0.1, -0.05) is 70.2 Å². The van der Waals surface area contributed by atoms with Crippen LogP contribution in [0.1, 0.15) is 39.1 Å². The zero-order valence-electron chi connectivity index (χ0n) is 29.3. The van der Waals surface area contributed by atoms with Crippen molar-refractivity contribution in [3.63, 3.8) is 0 Å².